The molecular formula is C31H32F3N3O4S. The summed E-state index contributed by atoms with van der Waals surface area (Å²) in [5.74, 6) is -0.835. The summed E-state index contributed by atoms with van der Waals surface area (Å²) in [5.41, 5.74) is 9.38. The van der Waals surface area contributed by atoms with Crippen molar-refractivity contribution in [3.63, 3.8) is 0 Å². The zero-order valence-electron chi connectivity index (χ0n) is 22.9. The molecule has 0 spiro atoms. The number of nitrogens with one attached hydrogen (secondary N) is 1. The number of aromatic nitrogens is 1. The predicted octanol–water partition coefficient (Wildman–Crippen LogP) is 5.86. The monoisotopic (exact) mass is 599 g/mol. The number of hydrogen-bond donors (Lipinski definition) is 2. The maximum Gasteiger partial charge on any atom is 0.419 e. The molecule has 1 fully saturated rings. The molecule has 1 aromatic heterocycles. The summed E-state index contributed by atoms with van der Waals surface area (Å²) in [6.45, 7) is 0.531. The van der Waals surface area contributed by atoms with Crippen LogP contribution in [0.3, 0.4) is 0 Å². The average Bonchev–Trinajstić information content (AvgIpc) is 3.40. The molecule has 0 saturated carbocycles. The van der Waals surface area contributed by atoms with Gasteiger partial charge in [-0.05, 0) is 71.7 Å². The average molecular weight is 600 g/mol. The van der Waals surface area contributed by atoms with E-state index in [1.807, 2.05) is 42.6 Å². The Kier molecular flexibility index (Phi) is 8.60. The Labute approximate surface area is 242 Å². The minimum absolute atomic E-state index is 0.0712. The van der Waals surface area contributed by atoms with Gasteiger partial charge < -0.3 is 15.5 Å². The second kappa shape index (κ2) is 12.2. The number of H-pyrrole nitrogens is 1. The minimum atomic E-state index is -4.55. The molecule has 1 amide bonds. The number of piperidine rings is 1. The number of halogens is 3. The van der Waals surface area contributed by atoms with Crippen molar-refractivity contribution in [3.8, 4) is 16.9 Å². The van der Waals surface area contributed by atoms with Gasteiger partial charge in [0.1, 0.15) is 5.75 Å². The minimum Gasteiger partial charge on any atom is -0.493 e. The van der Waals surface area contributed by atoms with Crippen molar-refractivity contribution in [2.24, 2.45) is 5.73 Å². The first-order chi connectivity index (χ1) is 20.0. The Morgan fingerprint density at radius 2 is 1.69 bits per heavy atom. The molecule has 5 rings (SSSR count). The Bertz CT molecular complexity index is 1660. The number of para-hydroxylation sites is 1. The topological polar surface area (TPSA) is 105 Å². The van der Waals surface area contributed by atoms with E-state index in [0.717, 1.165) is 39.2 Å². The number of ether oxygens (including phenoxy) is 1. The van der Waals surface area contributed by atoms with Crippen molar-refractivity contribution in [2.75, 3.05) is 25.4 Å². The molecule has 11 heteroatoms. The van der Waals surface area contributed by atoms with E-state index in [4.69, 9.17) is 10.5 Å². The predicted molar refractivity (Wildman–Crippen MR) is 156 cm³/mol. The van der Waals surface area contributed by atoms with E-state index in [-0.39, 0.29) is 36.9 Å². The summed E-state index contributed by atoms with van der Waals surface area (Å²) in [7, 11) is -3.60. The molecule has 222 valence electrons. The first-order valence-corrected chi connectivity index (χ1v) is 15.4. The maximum absolute atomic E-state index is 13.2. The molecule has 0 aliphatic carbocycles. The highest BCUT2D eigenvalue weighted by Gasteiger charge is 2.34. The molecule has 1 aliphatic heterocycles. The van der Waals surface area contributed by atoms with Crippen LogP contribution in [0.2, 0.25) is 0 Å². The van der Waals surface area contributed by atoms with Crippen molar-refractivity contribution in [2.45, 2.75) is 37.8 Å². The van der Waals surface area contributed by atoms with Gasteiger partial charge in [0.2, 0.25) is 15.9 Å². The van der Waals surface area contributed by atoms with Crippen molar-refractivity contribution < 1.29 is 31.1 Å². The quantitative estimate of drug-likeness (QED) is 0.223. The number of rotatable bonds is 10. The number of carbonyl (C=O) groups is 1. The van der Waals surface area contributed by atoms with E-state index in [9.17, 15) is 26.4 Å². The third kappa shape index (κ3) is 6.63. The third-order valence-electron chi connectivity index (χ3n) is 7.66. The van der Waals surface area contributed by atoms with Crippen molar-refractivity contribution in [1.29, 1.82) is 0 Å². The molecule has 2 heterocycles. The fourth-order valence-electron chi connectivity index (χ4n) is 5.61. The Hall–Kier alpha value is -3.83. The lowest BCUT2D eigenvalue weighted by Crippen LogP contribution is -2.39. The maximum atomic E-state index is 13.2. The van der Waals surface area contributed by atoms with Gasteiger partial charge in [-0.25, -0.2) is 12.7 Å². The molecule has 3 aromatic carbocycles. The fourth-order valence-corrected chi connectivity index (χ4v) is 7.12. The van der Waals surface area contributed by atoms with Crippen LogP contribution in [0, 0.1) is 0 Å². The highest BCUT2D eigenvalue weighted by molar-refractivity contribution is 7.89. The van der Waals surface area contributed by atoms with E-state index in [1.54, 1.807) is 0 Å². The summed E-state index contributed by atoms with van der Waals surface area (Å²) in [6.07, 6.45) is -1.22. The van der Waals surface area contributed by atoms with Crippen LogP contribution in [0.1, 0.15) is 41.9 Å². The van der Waals surface area contributed by atoms with Gasteiger partial charge >= 0.3 is 6.18 Å². The molecule has 0 bridgehead atoms. The van der Waals surface area contributed by atoms with Crippen LogP contribution in [0.4, 0.5) is 13.2 Å². The van der Waals surface area contributed by atoms with Crippen LogP contribution < -0.4 is 10.5 Å². The molecule has 0 unspecified atom stereocenters. The van der Waals surface area contributed by atoms with E-state index >= 15 is 0 Å². The van der Waals surface area contributed by atoms with Gasteiger partial charge in [-0.1, -0.05) is 42.5 Å². The lowest BCUT2D eigenvalue weighted by Gasteiger charge is -2.31. The summed E-state index contributed by atoms with van der Waals surface area (Å²) in [5, 5.41) is 0.991. The van der Waals surface area contributed by atoms with Crippen LogP contribution in [0.5, 0.6) is 5.75 Å². The van der Waals surface area contributed by atoms with Gasteiger partial charge in [-0.15, -0.1) is 0 Å². The zero-order chi connectivity index (χ0) is 29.9. The molecule has 42 heavy (non-hydrogen) atoms. The number of nitrogens with zero attached hydrogens (tertiary/aromatic N) is 1. The third-order valence-corrected chi connectivity index (χ3v) is 9.62. The number of alkyl halides is 3. The number of amides is 1. The lowest BCUT2D eigenvalue weighted by atomic mass is 9.88. The standard InChI is InChI=1S/C31H32F3N3O4S/c32-31(33,34)27-9-4-5-10-28(27)41-15-6-16-42(39,40)37-13-11-22(12-14-37)26-20-36-30-24(19-29(35)38)17-23(18-25(26)30)21-7-2-1-3-8-21/h1-5,7-10,17-18,20,22,36H,6,11-16,19H2,(H2,35,38). The molecule has 4 aromatic rings. The van der Waals surface area contributed by atoms with Gasteiger partial charge in [0.15, 0.2) is 0 Å². The van der Waals surface area contributed by atoms with Crippen LogP contribution in [-0.4, -0.2) is 49.1 Å². The summed E-state index contributed by atoms with van der Waals surface area (Å²) < 4.78 is 72.3. The number of nitrogens with two attached hydrogens (primary N) is 1. The summed E-state index contributed by atoms with van der Waals surface area (Å²) in [4.78, 5) is 15.1. The van der Waals surface area contributed by atoms with Gasteiger partial charge in [0, 0.05) is 30.2 Å². The van der Waals surface area contributed by atoms with Gasteiger partial charge in [0.25, 0.3) is 0 Å². The highest BCUT2D eigenvalue weighted by atomic mass is 32.2. The van der Waals surface area contributed by atoms with E-state index in [1.165, 1.54) is 22.5 Å². The SMILES string of the molecule is NC(=O)Cc1cc(-c2ccccc2)cc2c(C3CCN(S(=O)(=O)CCCOc4ccccc4C(F)(F)F)CC3)c[nH]c12. The van der Waals surface area contributed by atoms with Crippen molar-refractivity contribution >= 4 is 26.8 Å². The van der Waals surface area contributed by atoms with E-state index < -0.39 is 27.7 Å². The van der Waals surface area contributed by atoms with Crippen LogP contribution >= 0.6 is 0 Å². The molecule has 1 saturated heterocycles. The lowest BCUT2D eigenvalue weighted by molar-refractivity contribution is -0.139. The number of hydrogen-bond acceptors (Lipinski definition) is 4. The number of primary amides is 1. The molecule has 7 nitrogen and oxygen atoms in total. The van der Waals surface area contributed by atoms with Crippen molar-refractivity contribution in [1.82, 2.24) is 9.29 Å². The fraction of sp³-hybridized carbons (Fsp3) is 0.323. The van der Waals surface area contributed by atoms with E-state index in [2.05, 4.69) is 11.1 Å². The second-order valence-corrected chi connectivity index (χ2v) is 12.6. The molecule has 1 aliphatic rings. The first-order valence-electron chi connectivity index (χ1n) is 13.8. The number of benzene rings is 3. The number of sulfonamides is 1. The normalized spacial score (nSPS) is 15.2. The Morgan fingerprint density at radius 1 is 1.00 bits per heavy atom. The molecule has 0 atom stereocenters. The van der Waals surface area contributed by atoms with Gasteiger partial charge in [0.05, 0.1) is 24.3 Å². The summed E-state index contributed by atoms with van der Waals surface area (Å²) >= 11 is 0. The largest absolute Gasteiger partial charge is 0.493 e. The van der Waals surface area contributed by atoms with Crippen molar-refractivity contribution in [3.05, 3.63) is 89.6 Å². The number of carbonyl (C=O) groups excluding carboxylic acids is 1. The second-order valence-electron chi connectivity index (χ2n) is 10.5. The van der Waals surface area contributed by atoms with Crippen LogP contribution in [-0.2, 0) is 27.4 Å². The smallest absolute Gasteiger partial charge is 0.419 e. The molecular weight excluding hydrogens is 567 g/mol. The van der Waals surface area contributed by atoms with Crippen LogP contribution in [0.15, 0.2) is 72.9 Å². The highest BCUT2D eigenvalue weighted by Crippen LogP contribution is 2.38. The van der Waals surface area contributed by atoms with Crippen LogP contribution in [0.25, 0.3) is 22.0 Å². The first kappa shape index (κ1) is 29.7. The molecule has 0 radical (unpaired) electrons. The number of fused-ring (bicyclic) bond motifs is 1. The summed E-state index contributed by atoms with van der Waals surface area (Å²) in [6, 6.07) is 18.8. The zero-order valence-corrected chi connectivity index (χ0v) is 23.7. The van der Waals surface area contributed by atoms with Gasteiger partial charge in [-0.3, -0.25) is 4.79 Å². The van der Waals surface area contributed by atoms with Gasteiger partial charge in [-0.2, -0.15) is 13.2 Å². The van der Waals surface area contributed by atoms with E-state index in [0.29, 0.717) is 25.9 Å². The Morgan fingerprint density at radius 3 is 2.38 bits per heavy atom. The number of aromatic amines is 1. The molecule has 3 N–H and O–H groups in total. The Balaban J connectivity index is 1.24.